The maximum atomic E-state index is 12.3. The number of carbonyl (C=O) groups excluding carboxylic acids is 2. The molecule has 3 amide bonds. The molecule has 2 N–H and O–H groups in total. The number of thioether (sulfide) groups is 1. The number of anilines is 2. The van der Waals surface area contributed by atoms with Gasteiger partial charge in [-0.2, -0.15) is 11.8 Å². The van der Waals surface area contributed by atoms with Gasteiger partial charge in [0.25, 0.3) is 0 Å². The lowest BCUT2D eigenvalue weighted by atomic mass is 10.1. The lowest BCUT2D eigenvalue weighted by Crippen LogP contribution is -2.40. The van der Waals surface area contributed by atoms with E-state index in [2.05, 4.69) is 10.6 Å². The van der Waals surface area contributed by atoms with E-state index in [1.54, 1.807) is 0 Å². The van der Waals surface area contributed by atoms with Crippen molar-refractivity contribution in [3.05, 3.63) is 23.8 Å². The predicted octanol–water partition coefficient (Wildman–Crippen LogP) is 3.17. The monoisotopic (exact) mass is 321 g/mol. The Balaban J connectivity index is 2.06. The number of carbonyl (C=O) groups is 2. The van der Waals surface area contributed by atoms with E-state index in [0.717, 1.165) is 35.8 Å². The van der Waals surface area contributed by atoms with Crippen LogP contribution < -0.4 is 10.6 Å². The number of urea groups is 1. The summed E-state index contributed by atoms with van der Waals surface area (Å²) in [4.78, 5) is 25.9. The smallest absolute Gasteiger partial charge is 0.321 e. The Morgan fingerprint density at radius 1 is 1.18 bits per heavy atom. The molecule has 22 heavy (non-hydrogen) atoms. The number of hydrogen-bond donors (Lipinski definition) is 2. The van der Waals surface area contributed by atoms with Gasteiger partial charge in [-0.05, 0) is 24.6 Å². The minimum atomic E-state index is -0.0785. The largest absolute Gasteiger partial charge is 0.326 e. The second-order valence-corrected chi connectivity index (χ2v) is 6.93. The van der Waals surface area contributed by atoms with Crippen LogP contribution in [0, 0.1) is 12.8 Å². The van der Waals surface area contributed by atoms with Crippen LogP contribution in [0.4, 0.5) is 16.2 Å². The molecule has 1 aromatic carbocycles. The molecule has 0 aliphatic carbocycles. The Kier molecular flexibility index (Phi) is 5.71. The third kappa shape index (κ3) is 4.40. The lowest BCUT2D eigenvalue weighted by molar-refractivity contribution is -0.118. The minimum Gasteiger partial charge on any atom is -0.326 e. The summed E-state index contributed by atoms with van der Waals surface area (Å²) in [5.41, 5.74) is 2.42. The molecule has 1 fully saturated rings. The standard InChI is InChI=1S/C16H23N3O2S/c1-11(2)15(20)17-13-5-4-12(3)14(10-13)18-16(21)19-6-8-22-9-7-19/h4-5,10-11H,6-9H2,1-3H3,(H,17,20)(H,18,21). The highest BCUT2D eigenvalue weighted by molar-refractivity contribution is 7.99. The Morgan fingerprint density at radius 2 is 1.86 bits per heavy atom. The van der Waals surface area contributed by atoms with E-state index in [9.17, 15) is 9.59 Å². The quantitative estimate of drug-likeness (QED) is 0.899. The molecule has 0 bridgehead atoms. The van der Waals surface area contributed by atoms with Crippen LogP contribution in [0.3, 0.4) is 0 Å². The second-order valence-electron chi connectivity index (χ2n) is 5.70. The Labute approximate surface area is 135 Å². The zero-order valence-electron chi connectivity index (χ0n) is 13.3. The normalized spacial score (nSPS) is 14.8. The molecule has 0 unspecified atom stereocenters. The van der Waals surface area contributed by atoms with Gasteiger partial charge in [0.15, 0.2) is 0 Å². The first kappa shape index (κ1) is 16.7. The fraction of sp³-hybridized carbons (Fsp3) is 0.500. The van der Waals surface area contributed by atoms with Crippen molar-refractivity contribution in [3.8, 4) is 0 Å². The first-order valence-electron chi connectivity index (χ1n) is 7.52. The van der Waals surface area contributed by atoms with Gasteiger partial charge in [-0.3, -0.25) is 4.79 Å². The van der Waals surface area contributed by atoms with Crippen molar-refractivity contribution in [1.29, 1.82) is 0 Å². The number of nitrogens with one attached hydrogen (secondary N) is 2. The molecule has 1 aliphatic rings. The summed E-state index contributed by atoms with van der Waals surface area (Å²) in [6.45, 7) is 7.19. The first-order chi connectivity index (χ1) is 10.5. The van der Waals surface area contributed by atoms with E-state index < -0.39 is 0 Å². The number of rotatable bonds is 3. The molecule has 0 radical (unpaired) electrons. The first-order valence-corrected chi connectivity index (χ1v) is 8.68. The molecule has 0 atom stereocenters. The Bertz CT molecular complexity index is 554. The zero-order chi connectivity index (χ0) is 16.1. The molecule has 2 rings (SSSR count). The fourth-order valence-electron chi connectivity index (χ4n) is 2.08. The fourth-order valence-corrected chi connectivity index (χ4v) is 2.98. The Hall–Kier alpha value is -1.69. The summed E-state index contributed by atoms with van der Waals surface area (Å²) in [6.07, 6.45) is 0. The van der Waals surface area contributed by atoms with Crippen molar-refractivity contribution in [1.82, 2.24) is 4.90 Å². The van der Waals surface area contributed by atoms with Crippen LogP contribution in [-0.2, 0) is 4.79 Å². The molecule has 0 aromatic heterocycles. The predicted molar refractivity (Wildman–Crippen MR) is 92.6 cm³/mol. The maximum absolute atomic E-state index is 12.3. The topological polar surface area (TPSA) is 61.4 Å². The molecule has 0 spiro atoms. The van der Waals surface area contributed by atoms with Crippen molar-refractivity contribution in [2.24, 2.45) is 5.92 Å². The van der Waals surface area contributed by atoms with Crippen molar-refractivity contribution in [2.45, 2.75) is 20.8 Å². The number of hydrogen-bond acceptors (Lipinski definition) is 3. The van der Waals surface area contributed by atoms with Crippen molar-refractivity contribution in [2.75, 3.05) is 35.2 Å². The van der Waals surface area contributed by atoms with Gasteiger partial charge in [0.2, 0.25) is 5.91 Å². The highest BCUT2D eigenvalue weighted by Gasteiger charge is 2.17. The van der Waals surface area contributed by atoms with Gasteiger partial charge in [-0.25, -0.2) is 4.79 Å². The van der Waals surface area contributed by atoms with Gasteiger partial charge in [0.05, 0.1) is 0 Å². The molecular formula is C16H23N3O2S. The summed E-state index contributed by atoms with van der Waals surface area (Å²) in [7, 11) is 0. The van der Waals surface area contributed by atoms with E-state index in [1.165, 1.54) is 0 Å². The van der Waals surface area contributed by atoms with Crippen LogP contribution >= 0.6 is 11.8 Å². The van der Waals surface area contributed by atoms with E-state index in [0.29, 0.717) is 5.69 Å². The number of amides is 3. The lowest BCUT2D eigenvalue weighted by Gasteiger charge is -2.27. The van der Waals surface area contributed by atoms with E-state index in [4.69, 9.17) is 0 Å². The molecule has 1 aliphatic heterocycles. The number of aryl methyl sites for hydroxylation is 1. The van der Waals surface area contributed by atoms with Crippen molar-refractivity contribution in [3.63, 3.8) is 0 Å². The average molecular weight is 321 g/mol. The number of nitrogens with zero attached hydrogens (tertiary/aromatic N) is 1. The average Bonchev–Trinajstić information content (AvgIpc) is 2.51. The van der Waals surface area contributed by atoms with Gasteiger partial charge in [0.1, 0.15) is 0 Å². The molecule has 0 saturated carbocycles. The van der Waals surface area contributed by atoms with Gasteiger partial charge >= 0.3 is 6.03 Å². The highest BCUT2D eigenvalue weighted by atomic mass is 32.2. The van der Waals surface area contributed by atoms with Crippen LogP contribution in [0.5, 0.6) is 0 Å². The van der Waals surface area contributed by atoms with Gasteiger partial charge in [-0.1, -0.05) is 19.9 Å². The van der Waals surface area contributed by atoms with E-state index in [1.807, 2.05) is 55.6 Å². The van der Waals surface area contributed by atoms with Gasteiger partial charge in [-0.15, -0.1) is 0 Å². The Morgan fingerprint density at radius 3 is 2.50 bits per heavy atom. The summed E-state index contributed by atoms with van der Waals surface area (Å²) in [5.74, 6) is 1.85. The molecule has 120 valence electrons. The van der Waals surface area contributed by atoms with Crippen LogP contribution in [0.25, 0.3) is 0 Å². The summed E-state index contributed by atoms with van der Waals surface area (Å²) in [5, 5.41) is 5.80. The van der Waals surface area contributed by atoms with E-state index >= 15 is 0 Å². The zero-order valence-corrected chi connectivity index (χ0v) is 14.1. The second kappa shape index (κ2) is 7.54. The summed E-state index contributed by atoms with van der Waals surface area (Å²) in [6, 6.07) is 5.49. The van der Waals surface area contributed by atoms with Gasteiger partial charge in [0, 0.05) is 41.9 Å². The van der Waals surface area contributed by atoms with Crippen LogP contribution in [0.1, 0.15) is 19.4 Å². The van der Waals surface area contributed by atoms with E-state index in [-0.39, 0.29) is 17.9 Å². The third-order valence-corrected chi connectivity index (χ3v) is 4.51. The van der Waals surface area contributed by atoms with Crippen molar-refractivity contribution < 1.29 is 9.59 Å². The number of benzene rings is 1. The highest BCUT2D eigenvalue weighted by Crippen LogP contribution is 2.22. The molecule has 1 heterocycles. The molecule has 1 aromatic rings. The minimum absolute atomic E-state index is 0.0332. The maximum Gasteiger partial charge on any atom is 0.321 e. The molecular weight excluding hydrogens is 298 g/mol. The van der Waals surface area contributed by atoms with Crippen LogP contribution in [0.15, 0.2) is 18.2 Å². The van der Waals surface area contributed by atoms with Crippen LogP contribution in [-0.4, -0.2) is 41.4 Å². The SMILES string of the molecule is Cc1ccc(NC(=O)C(C)C)cc1NC(=O)N1CCSCC1. The molecule has 5 nitrogen and oxygen atoms in total. The van der Waals surface area contributed by atoms with Crippen molar-refractivity contribution >= 4 is 35.1 Å². The van der Waals surface area contributed by atoms with Gasteiger partial charge < -0.3 is 15.5 Å². The molecule has 1 saturated heterocycles. The van der Waals surface area contributed by atoms with Crippen LogP contribution in [0.2, 0.25) is 0 Å². The molecule has 6 heteroatoms. The summed E-state index contributed by atoms with van der Waals surface area (Å²) >= 11 is 1.87. The summed E-state index contributed by atoms with van der Waals surface area (Å²) < 4.78 is 0. The third-order valence-electron chi connectivity index (χ3n) is 3.57.